The maximum absolute atomic E-state index is 12.5. The molecule has 0 saturated carbocycles. The molecule has 6 nitrogen and oxygen atoms in total. The van der Waals surface area contributed by atoms with Crippen molar-refractivity contribution in [3.05, 3.63) is 0 Å². The van der Waals surface area contributed by atoms with Crippen LogP contribution in [0.2, 0.25) is 0 Å². The van der Waals surface area contributed by atoms with Crippen LogP contribution < -0.4 is 0 Å². The molecule has 2 rings (SSSR count). The normalized spacial score (nSPS) is 31.8. The maximum Gasteiger partial charge on any atom is 0.411 e. The standard InChI is InChI=1S/C15H26N2O4/c1-5-17(13(20)21-14(2,3)4)15(12(18)19)7-9-16-8-6-11(15)10-16/h11H,5-10H2,1-4H3,(H,18,19). The third-order valence-corrected chi connectivity index (χ3v) is 4.54. The summed E-state index contributed by atoms with van der Waals surface area (Å²) in [5.41, 5.74) is -1.75. The highest BCUT2D eigenvalue weighted by atomic mass is 16.6. The fourth-order valence-electron chi connectivity index (χ4n) is 3.60. The van der Waals surface area contributed by atoms with E-state index in [4.69, 9.17) is 4.74 Å². The number of amides is 1. The van der Waals surface area contributed by atoms with Crippen LogP contribution in [-0.4, -0.2) is 64.3 Å². The van der Waals surface area contributed by atoms with E-state index in [1.807, 2.05) is 6.92 Å². The Labute approximate surface area is 126 Å². The average molecular weight is 298 g/mol. The van der Waals surface area contributed by atoms with E-state index in [2.05, 4.69) is 4.90 Å². The van der Waals surface area contributed by atoms with Crippen LogP contribution >= 0.6 is 0 Å². The first-order chi connectivity index (χ1) is 9.70. The number of likely N-dealkylation sites (N-methyl/N-ethyl adjacent to an activating group) is 1. The number of rotatable bonds is 3. The van der Waals surface area contributed by atoms with E-state index in [1.165, 1.54) is 4.90 Å². The zero-order valence-corrected chi connectivity index (χ0v) is 13.4. The number of fused-ring (bicyclic) bond motifs is 2. The van der Waals surface area contributed by atoms with Gasteiger partial charge < -0.3 is 14.7 Å². The lowest BCUT2D eigenvalue weighted by atomic mass is 9.77. The molecule has 0 aromatic heterocycles. The van der Waals surface area contributed by atoms with Crippen molar-refractivity contribution in [3.8, 4) is 0 Å². The van der Waals surface area contributed by atoms with Crippen LogP contribution in [0.15, 0.2) is 0 Å². The summed E-state index contributed by atoms with van der Waals surface area (Å²) in [6.45, 7) is 9.95. The monoisotopic (exact) mass is 298 g/mol. The largest absolute Gasteiger partial charge is 0.479 e. The van der Waals surface area contributed by atoms with E-state index in [0.29, 0.717) is 13.0 Å². The molecule has 6 heteroatoms. The third kappa shape index (κ3) is 2.86. The second-order valence-corrected chi connectivity index (χ2v) is 6.99. The third-order valence-electron chi connectivity index (χ3n) is 4.54. The summed E-state index contributed by atoms with van der Waals surface area (Å²) in [4.78, 5) is 28.3. The van der Waals surface area contributed by atoms with E-state index in [9.17, 15) is 14.7 Å². The van der Waals surface area contributed by atoms with Gasteiger partial charge in [0.05, 0.1) is 0 Å². The van der Waals surface area contributed by atoms with Crippen molar-refractivity contribution < 1.29 is 19.4 Å². The Bertz CT molecular complexity index is 432. The van der Waals surface area contributed by atoms with Crippen molar-refractivity contribution in [2.24, 2.45) is 5.92 Å². The molecule has 2 heterocycles. The van der Waals surface area contributed by atoms with Crippen molar-refractivity contribution in [1.82, 2.24) is 9.80 Å². The summed E-state index contributed by atoms with van der Waals surface area (Å²) < 4.78 is 5.44. The molecule has 1 amide bonds. The molecular weight excluding hydrogens is 272 g/mol. The quantitative estimate of drug-likeness (QED) is 0.860. The molecular formula is C15H26N2O4. The van der Waals surface area contributed by atoms with Crippen LogP contribution in [-0.2, 0) is 9.53 Å². The van der Waals surface area contributed by atoms with Crippen LogP contribution in [0.4, 0.5) is 4.79 Å². The second kappa shape index (κ2) is 5.48. The summed E-state index contributed by atoms with van der Waals surface area (Å²) in [5.74, 6) is -0.919. The maximum atomic E-state index is 12.5. The zero-order valence-electron chi connectivity index (χ0n) is 13.4. The smallest absolute Gasteiger partial charge is 0.411 e. The molecule has 21 heavy (non-hydrogen) atoms. The van der Waals surface area contributed by atoms with Crippen molar-refractivity contribution >= 4 is 12.1 Å². The van der Waals surface area contributed by atoms with E-state index < -0.39 is 23.2 Å². The van der Waals surface area contributed by atoms with Gasteiger partial charge in [0.25, 0.3) is 0 Å². The predicted molar refractivity (Wildman–Crippen MR) is 78.1 cm³/mol. The van der Waals surface area contributed by atoms with Gasteiger partial charge in [0.1, 0.15) is 11.1 Å². The minimum atomic E-state index is -1.12. The molecule has 0 aromatic rings. The van der Waals surface area contributed by atoms with E-state index in [0.717, 1.165) is 26.1 Å². The summed E-state index contributed by atoms with van der Waals surface area (Å²) in [7, 11) is 0. The Balaban J connectivity index is 2.31. The molecule has 2 aliphatic rings. The Morgan fingerprint density at radius 2 is 2.05 bits per heavy atom. The van der Waals surface area contributed by atoms with Crippen LogP contribution in [0.25, 0.3) is 0 Å². The highest BCUT2D eigenvalue weighted by Gasteiger charge is 2.57. The average Bonchev–Trinajstić information content (AvgIpc) is 2.74. The van der Waals surface area contributed by atoms with Crippen LogP contribution in [0, 0.1) is 5.92 Å². The predicted octanol–water partition coefficient (Wildman–Crippen LogP) is 1.79. The number of hydrogen-bond donors (Lipinski definition) is 1. The van der Waals surface area contributed by atoms with Crippen LogP contribution in [0.1, 0.15) is 40.5 Å². The number of carbonyl (C=O) groups excluding carboxylic acids is 1. The minimum Gasteiger partial charge on any atom is -0.479 e. The molecule has 0 aliphatic carbocycles. The molecule has 2 bridgehead atoms. The summed E-state index contributed by atoms with van der Waals surface area (Å²) in [6.07, 6.45) is 0.777. The lowest BCUT2D eigenvalue weighted by Gasteiger charge is -2.46. The van der Waals surface area contributed by atoms with Crippen molar-refractivity contribution in [2.45, 2.75) is 51.7 Å². The molecule has 2 aliphatic heterocycles. The summed E-state index contributed by atoms with van der Waals surface area (Å²) >= 11 is 0. The number of ether oxygens (including phenoxy) is 1. The number of piperidine rings is 1. The molecule has 2 saturated heterocycles. The Kier molecular flexibility index (Phi) is 4.19. The van der Waals surface area contributed by atoms with Gasteiger partial charge in [-0.15, -0.1) is 0 Å². The first-order valence-corrected chi connectivity index (χ1v) is 7.67. The Hall–Kier alpha value is -1.30. The van der Waals surface area contributed by atoms with E-state index in [1.54, 1.807) is 20.8 Å². The van der Waals surface area contributed by atoms with Crippen molar-refractivity contribution in [1.29, 1.82) is 0 Å². The van der Waals surface area contributed by atoms with Crippen LogP contribution in [0.5, 0.6) is 0 Å². The first kappa shape index (κ1) is 16.1. The highest BCUT2D eigenvalue weighted by Crippen LogP contribution is 2.40. The molecule has 1 N–H and O–H groups in total. The lowest BCUT2D eigenvalue weighted by Crippen LogP contribution is -2.65. The SMILES string of the molecule is CCN(C(=O)OC(C)(C)C)C1(C(=O)O)CCN2CCC1C2. The van der Waals surface area contributed by atoms with E-state index >= 15 is 0 Å². The number of carboxylic acid groups (broad SMARTS) is 1. The molecule has 0 spiro atoms. The van der Waals surface area contributed by atoms with Gasteiger partial charge in [-0.2, -0.15) is 0 Å². The lowest BCUT2D eigenvalue weighted by molar-refractivity contribution is -0.157. The molecule has 0 radical (unpaired) electrons. The number of aliphatic carboxylic acids is 1. The van der Waals surface area contributed by atoms with Gasteiger partial charge in [0.2, 0.25) is 0 Å². The summed E-state index contributed by atoms with van der Waals surface area (Å²) in [5, 5.41) is 9.89. The molecule has 0 aromatic carbocycles. The zero-order chi connectivity index (χ0) is 15.8. The fourth-order valence-corrected chi connectivity index (χ4v) is 3.60. The second-order valence-electron chi connectivity index (χ2n) is 6.99. The Morgan fingerprint density at radius 1 is 1.38 bits per heavy atom. The van der Waals surface area contributed by atoms with Gasteiger partial charge in [0.15, 0.2) is 0 Å². The topological polar surface area (TPSA) is 70.1 Å². The van der Waals surface area contributed by atoms with Crippen LogP contribution in [0.3, 0.4) is 0 Å². The van der Waals surface area contributed by atoms with Gasteiger partial charge in [-0.25, -0.2) is 9.59 Å². The molecule has 2 fully saturated rings. The number of carbonyl (C=O) groups is 2. The van der Waals surface area contributed by atoms with Crippen molar-refractivity contribution in [3.63, 3.8) is 0 Å². The van der Waals surface area contributed by atoms with E-state index in [-0.39, 0.29) is 5.92 Å². The van der Waals surface area contributed by atoms with Crippen molar-refractivity contribution in [2.75, 3.05) is 26.2 Å². The van der Waals surface area contributed by atoms with Gasteiger partial charge in [-0.05, 0) is 47.1 Å². The number of carboxylic acids is 1. The van der Waals surface area contributed by atoms with Gasteiger partial charge >= 0.3 is 12.1 Å². The fraction of sp³-hybridized carbons (Fsp3) is 0.867. The summed E-state index contributed by atoms with van der Waals surface area (Å²) in [6, 6.07) is 0. The minimum absolute atomic E-state index is 0.0174. The van der Waals surface area contributed by atoms with Gasteiger partial charge in [-0.3, -0.25) is 4.90 Å². The first-order valence-electron chi connectivity index (χ1n) is 7.67. The highest BCUT2D eigenvalue weighted by molar-refractivity contribution is 5.85. The van der Waals surface area contributed by atoms with Gasteiger partial charge in [0, 0.05) is 25.6 Å². The number of hydrogen-bond acceptors (Lipinski definition) is 4. The molecule has 120 valence electrons. The number of nitrogens with zero attached hydrogens (tertiary/aromatic N) is 2. The van der Waals surface area contributed by atoms with Gasteiger partial charge in [-0.1, -0.05) is 0 Å². The molecule has 3 atom stereocenters. The Morgan fingerprint density at radius 3 is 2.57 bits per heavy atom. The molecule has 3 unspecified atom stereocenters.